The van der Waals surface area contributed by atoms with E-state index in [0.717, 1.165) is 0 Å². The number of hydroxylamine groups is 1. The lowest BCUT2D eigenvalue weighted by Gasteiger charge is -2.08. The summed E-state index contributed by atoms with van der Waals surface area (Å²) in [5, 5.41) is 0. The van der Waals surface area contributed by atoms with Gasteiger partial charge in [0.25, 0.3) is 5.91 Å². The number of Topliss-reactive ketones (excluding diaryl/α,β-unsaturated/α-hetero) is 1. The fourth-order valence-corrected chi connectivity index (χ4v) is 3.07. The molecule has 8 heteroatoms. The lowest BCUT2D eigenvalue weighted by atomic mass is 10.1. The first-order valence-corrected chi connectivity index (χ1v) is 8.85. The molecule has 0 radical (unpaired) electrons. The lowest BCUT2D eigenvalue weighted by molar-refractivity contribution is 0.0537. The van der Waals surface area contributed by atoms with E-state index in [-0.39, 0.29) is 23.1 Å². The molecule has 0 saturated heterocycles. The van der Waals surface area contributed by atoms with Crippen LogP contribution in [0.2, 0.25) is 0 Å². The summed E-state index contributed by atoms with van der Waals surface area (Å²) in [4.78, 5) is 27.4. The Labute approximate surface area is 146 Å². The quantitative estimate of drug-likeness (QED) is 0.576. The van der Waals surface area contributed by atoms with Crippen molar-refractivity contribution in [3.05, 3.63) is 65.2 Å². The van der Waals surface area contributed by atoms with E-state index in [2.05, 4.69) is 15.0 Å². The monoisotopic (exact) mass is 362 g/mol. The number of benzene rings is 2. The third-order valence-corrected chi connectivity index (χ3v) is 4.87. The van der Waals surface area contributed by atoms with Gasteiger partial charge in [0.1, 0.15) is 0 Å². The van der Waals surface area contributed by atoms with E-state index < -0.39 is 10.0 Å². The first-order chi connectivity index (χ1) is 11.8. The SMILES string of the molecule is CONC(=O)c1ccc(CNS(=O)(=O)c2ccc(C(C)=O)cc2)cc1. The number of carbonyl (C=O) groups excluding carboxylic acids is 2. The van der Waals surface area contributed by atoms with Crippen molar-refractivity contribution in [3.63, 3.8) is 0 Å². The third-order valence-electron chi connectivity index (χ3n) is 3.45. The van der Waals surface area contributed by atoms with Crippen LogP contribution in [0.3, 0.4) is 0 Å². The first-order valence-electron chi connectivity index (χ1n) is 7.36. The van der Waals surface area contributed by atoms with Crippen molar-refractivity contribution in [2.24, 2.45) is 0 Å². The second kappa shape index (κ2) is 8.02. The molecular weight excluding hydrogens is 344 g/mol. The fourth-order valence-electron chi connectivity index (χ4n) is 2.06. The maximum Gasteiger partial charge on any atom is 0.274 e. The zero-order valence-electron chi connectivity index (χ0n) is 13.8. The van der Waals surface area contributed by atoms with Gasteiger partial charge in [-0.1, -0.05) is 24.3 Å². The van der Waals surface area contributed by atoms with E-state index in [9.17, 15) is 18.0 Å². The molecule has 0 atom stereocenters. The summed E-state index contributed by atoms with van der Waals surface area (Å²) >= 11 is 0. The number of hydrogen-bond donors (Lipinski definition) is 2. The standard InChI is InChI=1S/C17H18N2O5S/c1-12(20)14-7-9-16(10-8-14)25(22,23)18-11-13-3-5-15(6-4-13)17(21)19-24-2/h3-10,18H,11H2,1-2H3,(H,19,21). The van der Waals surface area contributed by atoms with Crippen molar-refractivity contribution in [3.8, 4) is 0 Å². The summed E-state index contributed by atoms with van der Waals surface area (Å²) in [5.74, 6) is -0.519. The molecule has 0 saturated carbocycles. The number of hydrogen-bond acceptors (Lipinski definition) is 5. The average molecular weight is 362 g/mol. The van der Waals surface area contributed by atoms with Gasteiger partial charge in [0.15, 0.2) is 5.78 Å². The summed E-state index contributed by atoms with van der Waals surface area (Å²) in [7, 11) is -2.36. The highest BCUT2D eigenvalue weighted by Crippen LogP contribution is 2.12. The van der Waals surface area contributed by atoms with Crippen LogP contribution in [-0.4, -0.2) is 27.2 Å². The van der Waals surface area contributed by atoms with Gasteiger partial charge in [-0.05, 0) is 36.8 Å². The Morgan fingerprint density at radius 1 is 0.960 bits per heavy atom. The molecule has 2 N–H and O–H groups in total. The van der Waals surface area contributed by atoms with E-state index in [0.29, 0.717) is 16.7 Å². The van der Waals surface area contributed by atoms with Crippen molar-refractivity contribution in [1.82, 2.24) is 10.2 Å². The van der Waals surface area contributed by atoms with Crippen molar-refractivity contribution in [2.75, 3.05) is 7.11 Å². The van der Waals surface area contributed by atoms with Gasteiger partial charge >= 0.3 is 0 Å². The van der Waals surface area contributed by atoms with Crippen LogP contribution in [0.5, 0.6) is 0 Å². The van der Waals surface area contributed by atoms with E-state index in [1.807, 2.05) is 0 Å². The molecule has 0 aliphatic carbocycles. The van der Waals surface area contributed by atoms with E-state index in [1.165, 1.54) is 38.3 Å². The zero-order chi connectivity index (χ0) is 18.4. The number of nitrogens with one attached hydrogen (secondary N) is 2. The molecule has 2 rings (SSSR count). The molecule has 2 aromatic carbocycles. The molecule has 1 amide bonds. The van der Waals surface area contributed by atoms with Crippen molar-refractivity contribution >= 4 is 21.7 Å². The van der Waals surface area contributed by atoms with Crippen LogP contribution < -0.4 is 10.2 Å². The molecule has 0 fully saturated rings. The Balaban J connectivity index is 2.04. The van der Waals surface area contributed by atoms with Gasteiger partial charge in [-0.25, -0.2) is 18.6 Å². The van der Waals surface area contributed by atoms with Crippen LogP contribution in [-0.2, 0) is 21.4 Å². The van der Waals surface area contributed by atoms with Crippen molar-refractivity contribution < 1.29 is 22.8 Å². The number of ketones is 1. The number of carbonyl (C=O) groups is 2. The lowest BCUT2D eigenvalue weighted by Crippen LogP contribution is -2.24. The summed E-state index contributed by atoms with van der Waals surface area (Å²) < 4.78 is 27.0. The zero-order valence-corrected chi connectivity index (χ0v) is 14.6. The molecule has 25 heavy (non-hydrogen) atoms. The van der Waals surface area contributed by atoms with Gasteiger partial charge in [-0.15, -0.1) is 0 Å². The molecule has 0 aliphatic rings. The number of rotatable bonds is 7. The summed E-state index contributed by atoms with van der Waals surface area (Å²) in [5.41, 5.74) is 3.73. The molecule has 132 valence electrons. The normalized spacial score (nSPS) is 11.1. The maximum absolute atomic E-state index is 12.3. The van der Waals surface area contributed by atoms with Crippen LogP contribution in [0.25, 0.3) is 0 Å². The summed E-state index contributed by atoms with van der Waals surface area (Å²) in [6.07, 6.45) is 0. The molecule has 7 nitrogen and oxygen atoms in total. The molecule has 0 unspecified atom stereocenters. The molecule has 0 aromatic heterocycles. The maximum atomic E-state index is 12.3. The summed E-state index contributed by atoms with van der Waals surface area (Å²) in [6, 6.07) is 12.1. The van der Waals surface area contributed by atoms with Crippen molar-refractivity contribution in [1.29, 1.82) is 0 Å². The van der Waals surface area contributed by atoms with Crippen LogP contribution in [0.15, 0.2) is 53.4 Å². The van der Waals surface area contributed by atoms with Crippen LogP contribution in [0.4, 0.5) is 0 Å². The Bertz CT molecular complexity index is 859. The summed E-state index contributed by atoms with van der Waals surface area (Å²) in [6.45, 7) is 1.49. The topological polar surface area (TPSA) is 102 Å². The van der Waals surface area contributed by atoms with Gasteiger partial charge in [-0.3, -0.25) is 14.4 Å². The van der Waals surface area contributed by atoms with E-state index in [4.69, 9.17) is 0 Å². The van der Waals surface area contributed by atoms with Gasteiger partial charge in [0.2, 0.25) is 10.0 Å². The van der Waals surface area contributed by atoms with Crippen LogP contribution >= 0.6 is 0 Å². The molecule has 0 bridgehead atoms. The Hall–Kier alpha value is -2.55. The fraction of sp³-hybridized carbons (Fsp3) is 0.176. The minimum Gasteiger partial charge on any atom is -0.295 e. The number of sulfonamides is 1. The van der Waals surface area contributed by atoms with Gasteiger partial charge in [-0.2, -0.15) is 0 Å². The molecular formula is C17H18N2O5S. The number of amides is 1. The molecule has 2 aromatic rings. The predicted octanol–water partition coefficient (Wildman–Crippen LogP) is 1.66. The van der Waals surface area contributed by atoms with E-state index in [1.54, 1.807) is 24.3 Å². The van der Waals surface area contributed by atoms with Crippen LogP contribution in [0, 0.1) is 0 Å². The van der Waals surface area contributed by atoms with Gasteiger partial charge < -0.3 is 0 Å². The van der Waals surface area contributed by atoms with Crippen LogP contribution in [0.1, 0.15) is 33.2 Å². The highest BCUT2D eigenvalue weighted by Gasteiger charge is 2.14. The first kappa shape index (κ1) is 18.8. The van der Waals surface area contributed by atoms with Crippen molar-refractivity contribution in [2.45, 2.75) is 18.4 Å². The van der Waals surface area contributed by atoms with Gasteiger partial charge in [0.05, 0.1) is 12.0 Å². The Morgan fingerprint density at radius 3 is 2.04 bits per heavy atom. The van der Waals surface area contributed by atoms with Gasteiger partial charge in [0, 0.05) is 17.7 Å². The minimum absolute atomic E-state index is 0.0724. The largest absolute Gasteiger partial charge is 0.295 e. The average Bonchev–Trinajstić information content (AvgIpc) is 2.61. The smallest absolute Gasteiger partial charge is 0.274 e. The van der Waals surface area contributed by atoms with E-state index >= 15 is 0 Å². The Kier molecular flexibility index (Phi) is 6.02. The predicted molar refractivity (Wildman–Crippen MR) is 91.4 cm³/mol. The molecule has 0 heterocycles. The second-order valence-electron chi connectivity index (χ2n) is 5.24. The highest BCUT2D eigenvalue weighted by molar-refractivity contribution is 7.89. The Morgan fingerprint density at radius 2 is 1.52 bits per heavy atom. The third kappa shape index (κ3) is 4.96. The molecule has 0 spiro atoms. The highest BCUT2D eigenvalue weighted by atomic mass is 32.2. The minimum atomic E-state index is -3.70. The second-order valence-corrected chi connectivity index (χ2v) is 7.00. The molecule has 0 aliphatic heterocycles.